The summed E-state index contributed by atoms with van der Waals surface area (Å²) < 4.78 is 13.4. The summed E-state index contributed by atoms with van der Waals surface area (Å²) >= 11 is 6.99. The summed E-state index contributed by atoms with van der Waals surface area (Å²) in [5.74, 6) is -0.858. The molecule has 0 saturated carbocycles. The van der Waals surface area contributed by atoms with E-state index in [1.54, 1.807) is 6.07 Å². The van der Waals surface area contributed by atoms with Gasteiger partial charge in [0.05, 0.1) is 10.6 Å². The molecule has 1 N–H and O–H groups in total. The van der Waals surface area contributed by atoms with E-state index in [9.17, 15) is 9.18 Å². The average molecular weight is 270 g/mol. The molecule has 2 nitrogen and oxygen atoms in total. The summed E-state index contributed by atoms with van der Waals surface area (Å²) in [6.07, 6.45) is 0. The van der Waals surface area contributed by atoms with Crippen molar-refractivity contribution in [3.05, 3.63) is 50.9 Å². The second-order valence-electron chi connectivity index (χ2n) is 3.49. The molecule has 88 valence electrons. The molecule has 17 heavy (non-hydrogen) atoms. The van der Waals surface area contributed by atoms with Gasteiger partial charge in [0.2, 0.25) is 0 Å². The number of anilines is 1. The van der Waals surface area contributed by atoms with E-state index in [-0.39, 0.29) is 11.6 Å². The lowest BCUT2D eigenvalue weighted by Crippen LogP contribution is -2.11. The number of aryl methyl sites for hydroxylation is 1. The first-order valence-electron chi connectivity index (χ1n) is 4.89. The number of carbonyl (C=O) groups excluding carboxylic acids is 1. The monoisotopic (exact) mass is 269 g/mol. The summed E-state index contributed by atoms with van der Waals surface area (Å²) in [6.45, 7) is 1.91. The molecule has 1 aromatic heterocycles. The number of halogens is 2. The van der Waals surface area contributed by atoms with Gasteiger partial charge in [-0.05, 0) is 37.3 Å². The Labute approximate surface area is 107 Å². The van der Waals surface area contributed by atoms with Gasteiger partial charge in [0.15, 0.2) is 0 Å². The number of rotatable bonds is 2. The SMILES string of the molecule is Cc1ccc(C(=O)Nc2ccc(Cl)cc2F)s1. The van der Waals surface area contributed by atoms with Crippen LogP contribution >= 0.6 is 22.9 Å². The molecule has 5 heteroatoms. The number of benzene rings is 1. The highest BCUT2D eigenvalue weighted by molar-refractivity contribution is 7.14. The average Bonchev–Trinajstić information content (AvgIpc) is 2.69. The molecule has 1 amide bonds. The number of hydrogen-bond acceptors (Lipinski definition) is 2. The summed E-state index contributed by atoms with van der Waals surface area (Å²) in [4.78, 5) is 13.4. The van der Waals surface area contributed by atoms with Gasteiger partial charge in [-0.2, -0.15) is 0 Å². The Bertz CT molecular complexity index is 567. The Morgan fingerprint density at radius 3 is 2.71 bits per heavy atom. The number of hydrogen-bond donors (Lipinski definition) is 1. The first-order chi connectivity index (χ1) is 8.06. The van der Waals surface area contributed by atoms with Crippen LogP contribution in [-0.4, -0.2) is 5.91 Å². The Morgan fingerprint density at radius 2 is 2.12 bits per heavy atom. The zero-order chi connectivity index (χ0) is 12.4. The maximum absolute atomic E-state index is 13.4. The molecule has 0 bridgehead atoms. The van der Waals surface area contributed by atoms with Gasteiger partial charge in [-0.25, -0.2) is 4.39 Å². The van der Waals surface area contributed by atoms with Gasteiger partial charge < -0.3 is 5.32 Å². The molecule has 2 aromatic rings. The van der Waals surface area contributed by atoms with Crippen LogP contribution in [0.2, 0.25) is 5.02 Å². The summed E-state index contributed by atoms with van der Waals surface area (Å²) in [7, 11) is 0. The van der Waals surface area contributed by atoms with Crippen molar-refractivity contribution < 1.29 is 9.18 Å². The molecule has 0 aliphatic carbocycles. The fourth-order valence-corrected chi connectivity index (χ4v) is 2.25. The third kappa shape index (κ3) is 2.84. The van der Waals surface area contributed by atoms with Gasteiger partial charge in [-0.1, -0.05) is 11.6 Å². The van der Waals surface area contributed by atoms with E-state index in [1.807, 2.05) is 13.0 Å². The minimum atomic E-state index is -0.542. The van der Waals surface area contributed by atoms with Crippen molar-refractivity contribution in [2.24, 2.45) is 0 Å². The summed E-state index contributed by atoms with van der Waals surface area (Å²) in [5, 5.41) is 2.80. The fraction of sp³-hybridized carbons (Fsp3) is 0.0833. The molecule has 0 aliphatic rings. The molecule has 0 aliphatic heterocycles. The van der Waals surface area contributed by atoms with Crippen molar-refractivity contribution in [1.29, 1.82) is 0 Å². The number of nitrogens with one attached hydrogen (secondary N) is 1. The summed E-state index contributed by atoms with van der Waals surface area (Å²) in [5.41, 5.74) is 0.130. The van der Waals surface area contributed by atoms with E-state index in [0.29, 0.717) is 9.90 Å². The van der Waals surface area contributed by atoms with Crippen LogP contribution in [0.5, 0.6) is 0 Å². The van der Waals surface area contributed by atoms with Crippen LogP contribution in [0.4, 0.5) is 10.1 Å². The molecule has 0 spiro atoms. The van der Waals surface area contributed by atoms with Gasteiger partial charge in [0.25, 0.3) is 5.91 Å². The van der Waals surface area contributed by atoms with E-state index in [0.717, 1.165) is 10.9 Å². The van der Waals surface area contributed by atoms with Crippen molar-refractivity contribution in [1.82, 2.24) is 0 Å². The first kappa shape index (κ1) is 12.1. The summed E-state index contributed by atoms with van der Waals surface area (Å²) in [6, 6.07) is 7.69. The highest BCUT2D eigenvalue weighted by Crippen LogP contribution is 2.21. The predicted octanol–water partition coefficient (Wildman–Crippen LogP) is 4.10. The van der Waals surface area contributed by atoms with Gasteiger partial charge in [-0.3, -0.25) is 4.79 Å². The lowest BCUT2D eigenvalue weighted by Gasteiger charge is -2.04. The molecule has 1 heterocycles. The lowest BCUT2D eigenvalue weighted by molar-refractivity contribution is 0.103. The third-order valence-corrected chi connectivity index (χ3v) is 3.38. The zero-order valence-corrected chi connectivity index (χ0v) is 10.5. The minimum absolute atomic E-state index is 0.130. The molecule has 0 unspecified atom stereocenters. The highest BCUT2D eigenvalue weighted by atomic mass is 35.5. The molecule has 0 saturated heterocycles. The fourth-order valence-electron chi connectivity index (χ4n) is 1.33. The second-order valence-corrected chi connectivity index (χ2v) is 5.21. The molecular weight excluding hydrogens is 261 g/mol. The topological polar surface area (TPSA) is 29.1 Å². The van der Waals surface area contributed by atoms with Crippen LogP contribution in [0.15, 0.2) is 30.3 Å². The van der Waals surface area contributed by atoms with Crippen molar-refractivity contribution >= 4 is 34.5 Å². The maximum Gasteiger partial charge on any atom is 0.265 e. The van der Waals surface area contributed by atoms with Crippen LogP contribution in [0.1, 0.15) is 14.5 Å². The third-order valence-electron chi connectivity index (χ3n) is 2.14. The van der Waals surface area contributed by atoms with Gasteiger partial charge in [-0.15, -0.1) is 11.3 Å². The first-order valence-corrected chi connectivity index (χ1v) is 6.08. The molecule has 0 atom stereocenters. The minimum Gasteiger partial charge on any atom is -0.319 e. The van der Waals surface area contributed by atoms with E-state index < -0.39 is 5.82 Å². The van der Waals surface area contributed by atoms with E-state index in [2.05, 4.69) is 5.32 Å². The van der Waals surface area contributed by atoms with Crippen molar-refractivity contribution in [2.75, 3.05) is 5.32 Å². The highest BCUT2D eigenvalue weighted by Gasteiger charge is 2.11. The molecule has 0 radical (unpaired) electrons. The quantitative estimate of drug-likeness (QED) is 0.874. The molecule has 0 fully saturated rings. The van der Waals surface area contributed by atoms with Crippen LogP contribution in [0.25, 0.3) is 0 Å². The standard InChI is InChI=1S/C12H9ClFNOS/c1-7-2-5-11(17-7)12(16)15-10-4-3-8(13)6-9(10)14/h2-6H,1H3,(H,15,16). The van der Waals surface area contributed by atoms with Crippen molar-refractivity contribution in [3.63, 3.8) is 0 Å². The predicted molar refractivity (Wildman–Crippen MR) is 68.4 cm³/mol. The largest absolute Gasteiger partial charge is 0.319 e. The van der Waals surface area contributed by atoms with Crippen molar-refractivity contribution in [3.8, 4) is 0 Å². The molecule has 2 rings (SSSR count). The molecular formula is C12H9ClFNOS. The second kappa shape index (κ2) is 4.85. The lowest BCUT2D eigenvalue weighted by atomic mass is 10.3. The Kier molecular flexibility index (Phi) is 3.45. The normalized spacial score (nSPS) is 10.3. The van der Waals surface area contributed by atoms with Crippen LogP contribution in [-0.2, 0) is 0 Å². The number of carbonyl (C=O) groups is 1. The van der Waals surface area contributed by atoms with Crippen LogP contribution in [0, 0.1) is 12.7 Å². The van der Waals surface area contributed by atoms with Gasteiger partial charge in [0.1, 0.15) is 5.82 Å². The number of thiophene rings is 1. The van der Waals surface area contributed by atoms with E-state index in [4.69, 9.17) is 11.6 Å². The molecule has 1 aromatic carbocycles. The Balaban J connectivity index is 2.18. The van der Waals surface area contributed by atoms with E-state index in [1.165, 1.54) is 23.5 Å². The zero-order valence-electron chi connectivity index (χ0n) is 8.96. The van der Waals surface area contributed by atoms with Gasteiger partial charge in [0, 0.05) is 9.90 Å². The van der Waals surface area contributed by atoms with Crippen molar-refractivity contribution in [2.45, 2.75) is 6.92 Å². The van der Waals surface area contributed by atoms with Gasteiger partial charge >= 0.3 is 0 Å². The smallest absolute Gasteiger partial charge is 0.265 e. The Hall–Kier alpha value is -1.39. The number of amides is 1. The Morgan fingerprint density at radius 1 is 1.35 bits per heavy atom. The maximum atomic E-state index is 13.4. The van der Waals surface area contributed by atoms with Crippen LogP contribution in [0.3, 0.4) is 0 Å². The van der Waals surface area contributed by atoms with Crippen LogP contribution < -0.4 is 5.32 Å². The van der Waals surface area contributed by atoms with E-state index >= 15 is 0 Å².